The molecule has 0 aromatic carbocycles. The molecule has 0 amide bonds. The molecule has 28 heavy (non-hydrogen) atoms. The van der Waals surface area contributed by atoms with Gasteiger partial charge < -0.3 is 5.11 Å². The average Bonchev–Trinajstić information content (AvgIpc) is 3.09. The summed E-state index contributed by atoms with van der Waals surface area (Å²) in [5.74, 6) is 0.700. The van der Waals surface area contributed by atoms with Crippen LogP contribution in [0.4, 0.5) is 0 Å². The minimum Gasteiger partial charge on any atom is -0.393 e. The fraction of sp³-hybridized carbons (Fsp3) is 0.926. The Morgan fingerprint density at radius 3 is 2.75 bits per heavy atom. The van der Waals surface area contributed by atoms with E-state index in [9.17, 15) is 5.11 Å². The third-order valence-corrected chi connectivity index (χ3v) is 9.92. The first-order valence-electron chi connectivity index (χ1n) is 15.4. The summed E-state index contributed by atoms with van der Waals surface area (Å²) in [6, 6.07) is 0. The van der Waals surface area contributed by atoms with E-state index >= 15 is 0 Å². The Morgan fingerprint density at radius 1 is 1.14 bits per heavy atom. The van der Waals surface area contributed by atoms with Crippen LogP contribution >= 0.6 is 0 Å². The van der Waals surface area contributed by atoms with Crippen LogP contribution in [0.5, 0.6) is 0 Å². The van der Waals surface area contributed by atoms with Crippen LogP contribution in [-0.4, -0.2) is 11.2 Å². The van der Waals surface area contributed by atoms with Crippen LogP contribution in [-0.2, 0) is 0 Å². The van der Waals surface area contributed by atoms with E-state index in [1.807, 2.05) is 0 Å². The second-order valence-electron chi connectivity index (χ2n) is 11.2. The van der Waals surface area contributed by atoms with Crippen molar-refractivity contribution in [3.05, 3.63) is 11.6 Å². The monoisotopic (exact) mass is 393 g/mol. The highest BCUT2D eigenvalue weighted by Crippen LogP contribution is 2.67. The number of hydrogen-bond acceptors (Lipinski definition) is 1. The molecule has 0 aliphatic heterocycles. The lowest BCUT2D eigenvalue weighted by Crippen LogP contribution is -2.50. The van der Waals surface area contributed by atoms with E-state index in [4.69, 9.17) is 9.60 Å². The molecule has 0 radical (unpaired) electrons. The molecule has 1 N–H and O–H groups in total. The van der Waals surface area contributed by atoms with Crippen molar-refractivity contribution in [2.75, 3.05) is 0 Å². The third kappa shape index (κ3) is 3.42. The van der Waals surface area contributed by atoms with Gasteiger partial charge in [-0.25, -0.2) is 0 Å². The number of allylic oxidation sites excluding steroid dienone is 1. The normalized spacial score (nSPS) is 51.5. The molecule has 4 rings (SSSR count). The van der Waals surface area contributed by atoms with Crippen LogP contribution < -0.4 is 0 Å². The maximum atomic E-state index is 10.2. The van der Waals surface area contributed by atoms with Gasteiger partial charge in [0, 0.05) is 9.60 Å². The van der Waals surface area contributed by atoms with Gasteiger partial charge in [0.05, 0.1) is 6.10 Å². The van der Waals surface area contributed by atoms with E-state index in [1.54, 1.807) is 0 Å². The van der Waals surface area contributed by atoms with Crippen LogP contribution in [0.25, 0.3) is 0 Å². The van der Waals surface area contributed by atoms with Gasteiger partial charge in [-0.05, 0) is 97.7 Å². The summed E-state index contributed by atoms with van der Waals surface area (Å²) in [6.45, 7) is 1.59. The van der Waals surface area contributed by atoms with Gasteiger partial charge in [-0.15, -0.1) is 0 Å². The van der Waals surface area contributed by atoms with Crippen molar-refractivity contribution in [2.45, 2.75) is 111 Å². The predicted octanol–water partition coefficient (Wildman–Crippen LogP) is 7.39. The van der Waals surface area contributed by atoms with Crippen LogP contribution in [0.3, 0.4) is 0 Å². The van der Waals surface area contributed by atoms with Gasteiger partial charge in [-0.3, -0.25) is 0 Å². The highest BCUT2D eigenvalue weighted by molar-refractivity contribution is 5.25. The molecular formula is C27H46O. The molecule has 3 unspecified atom stereocenters. The average molecular weight is 394 g/mol. The van der Waals surface area contributed by atoms with E-state index in [2.05, 4.69) is 26.8 Å². The number of aliphatic hydroxyl groups excluding tert-OH is 1. The summed E-state index contributed by atoms with van der Waals surface area (Å²) in [5, 5.41) is 10.2. The molecule has 0 bridgehead atoms. The Labute approximate surface area is 184 Å². The lowest BCUT2D eigenvalue weighted by molar-refractivity contribution is -0.0573. The van der Waals surface area contributed by atoms with Crippen molar-refractivity contribution in [2.24, 2.45) is 46.3 Å². The maximum absolute atomic E-state index is 10.2. The minimum atomic E-state index is -2.82. The zero-order valence-electron chi connectivity index (χ0n) is 25.3. The van der Waals surface area contributed by atoms with Crippen molar-refractivity contribution in [1.29, 1.82) is 0 Å². The SMILES string of the molecule is [2H]C([2H])([2H])C([2H])(CCC[C@@H](C)[C@H]1CCC2C3CC=C4C[C@@H](O)CC[C@]4(C)C3CC[C@@]21C)C([2H])([2H])[2H]. The first kappa shape index (κ1) is 13.9. The van der Waals surface area contributed by atoms with Gasteiger partial charge in [-0.2, -0.15) is 0 Å². The fourth-order valence-electron chi connectivity index (χ4n) is 8.42. The largest absolute Gasteiger partial charge is 0.393 e. The zero-order valence-corrected chi connectivity index (χ0v) is 18.3. The van der Waals surface area contributed by atoms with E-state index < -0.39 is 19.6 Å². The Balaban J connectivity index is 1.43. The molecule has 1 nitrogen and oxygen atoms in total. The molecule has 0 aromatic rings. The standard InChI is InChI=1S/C27H46O/c1-18(2)7-6-8-19(3)23-11-12-24-22-10-9-20-17-21(28)13-15-26(20,4)25(22)14-16-27(23,24)5/h9,18-19,21-25,28H,6-8,10-17H2,1-5H3/t19-,21+,22?,23-,24?,25?,26+,27-/m1/s1/i1D3,2D3,18D. The van der Waals surface area contributed by atoms with Gasteiger partial charge in [0.25, 0.3) is 0 Å². The smallest absolute Gasteiger partial charge is 0.0577 e. The van der Waals surface area contributed by atoms with E-state index in [0.29, 0.717) is 36.0 Å². The van der Waals surface area contributed by atoms with Crippen molar-refractivity contribution in [3.8, 4) is 0 Å². The van der Waals surface area contributed by atoms with Gasteiger partial charge >= 0.3 is 0 Å². The second-order valence-corrected chi connectivity index (χ2v) is 11.2. The van der Waals surface area contributed by atoms with Gasteiger partial charge in [0.2, 0.25) is 0 Å². The first-order valence-corrected chi connectivity index (χ1v) is 11.9. The van der Waals surface area contributed by atoms with Crippen molar-refractivity contribution >= 4 is 0 Å². The summed E-state index contributed by atoms with van der Waals surface area (Å²) in [6.07, 6.45) is 12.4. The minimum absolute atomic E-state index is 0.111. The summed E-state index contributed by atoms with van der Waals surface area (Å²) >= 11 is 0. The van der Waals surface area contributed by atoms with Crippen LogP contribution in [0.2, 0.25) is 0 Å². The van der Waals surface area contributed by atoms with Crippen LogP contribution in [0, 0.1) is 46.3 Å². The Bertz CT molecular complexity index is 803. The summed E-state index contributed by atoms with van der Waals surface area (Å²) in [4.78, 5) is 0. The Kier molecular flexibility index (Phi) is 3.85. The van der Waals surface area contributed by atoms with Crippen LogP contribution in [0.1, 0.15) is 115 Å². The number of fused-ring (bicyclic) bond motifs is 5. The number of hydrogen-bond donors (Lipinski definition) is 1. The molecular weight excluding hydrogens is 340 g/mol. The summed E-state index contributed by atoms with van der Waals surface area (Å²) in [7, 11) is 0. The number of aliphatic hydroxyl groups is 1. The Hall–Kier alpha value is -0.300. The zero-order chi connectivity index (χ0) is 26.0. The van der Waals surface area contributed by atoms with Crippen molar-refractivity contribution < 1.29 is 14.7 Å². The quantitative estimate of drug-likeness (QED) is 0.483. The molecule has 3 saturated carbocycles. The molecule has 3 fully saturated rings. The lowest BCUT2D eigenvalue weighted by atomic mass is 9.47. The maximum Gasteiger partial charge on any atom is 0.0577 e. The highest BCUT2D eigenvalue weighted by Gasteiger charge is 2.59. The lowest BCUT2D eigenvalue weighted by Gasteiger charge is -2.58. The second kappa shape index (κ2) is 7.75. The Morgan fingerprint density at radius 2 is 1.96 bits per heavy atom. The summed E-state index contributed by atoms with van der Waals surface area (Å²) in [5.41, 5.74) is 2.03. The van der Waals surface area contributed by atoms with E-state index in [-0.39, 0.29) is 23.4 Å². The van der Waals surface area contributed by atoms with Crippen LogP contribution in [0.15, 0.2) is 11.6 Å². The molecule has 160 valence electrons. The molecule has 4 aliphatic carbocycles. The molecule has 0 aromatic heterocycles. The molecule has 1 heteroatoms. The van der Waals surface area contributed by atoms with E-state index in [1.165, 1.54) is 31.3 Å². The molecule has 0 saturated heterocycles. The number of rotatable bonds is 5. The van der Waals surface area contributed by atoms with Crippen molar-refractivity contribution in [1.82, 2.24) is 0 Å². The first-order chi connectivity index (χ1) is 16.0. The molecule has 4 aliphatic rings. The molecule has 0 spiro atoms. The molecule has 0 heterocycles. The topological polar surface area (TPSA) is 20.2 Å². The predicted molar refractivity (Wildman–Crippen MR) is 119 cm³/mol. The van der Waals surface area contributed by atoms with Gasteiger partial charge in [0.15, 0.2) is 0 Å². The third-order valence-electron chi connectivity index (χ3n) is 9.92. The van der Waals surface area contributed by atoms with Gasteiger partial charge in [0.1, 0.15) is 0 Å². The van der Waals surface area contributed by atoms with Crippen molar-refractivity contribution in [3.63, 3.8) is 0 Å². The fourth-order valence-corrected chi connectivity index (χ4v) is 8.42. The molecule has 8 atom stereocenters. The van der Waals surface area contributed by atoms with Gasteiger partial charge in [-0.1, -0.05) is 65.4 Å². The highest BCUT2D eigenvalue weighted by atomic mass is 16.3. The van der Waals surface area contributed by atoms with E-state index in [0.717, 1.165) is 32.1 Å². The summed E-state index contributed by atoms with van der Waals surface area (Å²) < 4.78 is 54.5.